The first kappa shape index (κ1) is 15.6. The van der Waals surface area contributed by atoms with Gasteiger partial charge < -0.3 is 5.73 Å². The fourth-order valence-electron chi connectivity index (χ4n) is 2.59. The molecular formula is C16H25N5. The summed E-state index contributed by atoms with van der Waals surface area (Å²) in [5, 5.41) is 13.0. The van der Waals surface area contributed by atoms with Crippen molar-refractivity contribution in [2.75, 3.05) is 0 Å². The van der Waals surface area contributed by atoms with Gasteiger partial charge in [0, 0.05) is 24.7 Å². The molecule has 0 saturated carbocycles. The Labute approximate surface area is 126 Å². The molecule has 2 heterocycles. The van der Waals surface area contributed by atoms with Gasteiger partial charge in [-0.2, -0.15) is 15.3 Å². The molecule has 0 bridgehead atoms. The molecule has 2 rings (SSSR count). The van der Waals surface area contributed by atoms with Crippen LogP contribution >= 0.6 is 0 Å². The van der Waals surface area contributed by atoms with E-state index in [0.29, 0.717) is 0 Å². The van der Waals surface area contributed by atoms with Gasteiger partial charge in [0.1, 0.15) is 0 Å². The van der Waals surface area contributed by atoms with Gasteiger partial charge in [-0.1, -0.05) is 13.8 Å². The van der Waals surface area contributed by atoms with Crippen LogP contribution in [0.25, 0.3) is 0 Å². The predicted octanol–water partition coefficient (Wildman–Crippen LogP) is 2.37. The summed E-state index contributed by atoms with van der Waals surface area (Å²) in [5.74, 6) is 0. The number of nitrogens with two attached hydrogens (primary N) is 1. The SMILES string of the molecule is CCc1cc(CC(N)c2cc(C)nnc2CC)n(CC)n1. The Kier molecular flexibility index (Phi) is 5.07. The van der Waals surface area contributed by atoms with Crippen LogP contribution in [0.2, 0.25) is 0 Å². The Bertz CT molecular complexity index is 603. The van der Waals surface area contributed by atoms with Crippen molar-refractivity contribution in [1.82, 2.24) is 20.0 Å². The van der Waals surface area contributed by atoms with Crippen LogP contribution in [-0.2, 0) is 25.8 Å². The molecule has 1 unspecified atom stereocenters. The monoisotopic (exact) mass is 287 g/mol. The van der Waals surface area contributed by atoms with Crippen LogP contribution in [0.15, 0.2) is 12.1 Å². The van der Waals surface area contributed by atoms with E-state index in [1.165, 1.54) is 5.69 Å². The zero-order valence-electron chi connectivity index (χ0n) is 13.4. The molecule has 0 saturated heterocycles. The first-order valence-electron chi connectivity index (χ1n) is 7.73. The number of nitrogens with zero attached hydrogens (tertiary/aromatic N) is 4. The maximum absolute atomic E-state index is 6.44. The zero-order valence-corrected chi connectivity index (χ0v) is 13.4. The van der Waals surface area contributed by atoms with Gasteiger partial charge in [-0.05, 0) is 44.4 Å². The van der Waals surface area contributed by atoms with E-state index in [-0.39, 0.29) is 6.04 Å². The number of hydrogen-bond acceptors (Lipinski definition) is 4. The molecule has 0 amide bonds. The highest BCUT2D eigenvalue weighted by Gasteiger charge is 2.16. The lowest BCUT2D eigenvalue weighted by Crippen LogP contribution is -2.19. The standard InChI is InChI=1S/C16H25N5/c1-5-12-9-13(21(7-3)20-12)10-15(17)14-8-11(4)18-19-16(14)6-2/h8-9,15H,5-7,10,17H2,1-4H3. The third-order valence-electron chi connectivity index (χ3n) is 3.77. The van der Waals surface area contributed by atoms with Crippen molar-refractivity contribution in [3.05, 3.63) is 40.5 Å². The molecule has 5 heteroatoms. The van der Waals surface area contributed by atoms with Crippen LogP contribution in [-0.4, -0.2) is 20.0 Å². The second-order valence-electron chi connectivity index (χ2n) is 5.35. The van der Waals surface area contributed by atoms with Crippen molar-refractivity contribution >= 4 is 0 Å². The zero-order chi connectivity index (χ0) is 15.4. The van der Waals surface area contributed by atoms with E-state index in [1.807, 2.05) is 11.6 Å². The van der Waals surface area contributed by atoms with Crippen molar-refractivity contribution < 1.29 is 0 Å². The van der Waals surface area contributed by atoms with E-state index in [2.05, 4.69) is 48.2 Å². The van der Waals surface area contributed by atoms with Gasteiger partial charge in [-0.25, -0.2) is 0 Å². The van der Waals surface area contributed by atoms with Gasteiger partial charge in [0.2, 0.25) is 0 Å². The lowest BCUT2D eigenvalue weighted by molar-refractivity contribution is 0.581. The summed E-state index contributed by atoms with van der Waals surface area (Å²) in [6.45, 7) is 9.14. The third kappa shape index (κ3) is 3.47. The normalized spacial score (nSPS) is 12.6. The minimum atomic E-state index is -0.0687. The van der Waals surface area contributed by atoms with Crippen LogP contribution in [0.1, 0.15) is 55.2 Å². The molecule has 114 valence electrons. The van der Waals surface area contributed by atoms with E-state index in [0.717, 1.165) is 48.5 Å². The highest BCUT2D eigenvalue weighted by Crippen LogP contribution is 2.20. The molecule has 0 aliphatic heterocycles. The van der Waals surface area contributed by atoms with Gasteiger partial charge >= 0.3 is 0 Å². The van der Waals surface area contributed by atoms with Gasteiger partial charge in [0.05, 0.1) is 17.1 Å². The number of aryl methyl sites for hydroxylation is 4. The lowest BCUT2D eigenvalue weighted by atomic mass is 9.99. The van der Waals surface area contributed by atoms with Gasteiger partial charge in [0.25, 0.3) is 0 Å². The fourth-order valence-corrected chi connectivity index (χ4v) is 2.59. The number of rotatable bonds is 6. The molecule has 0 aliphatic rings. The molecule has 2 N–H and O–H groups in total. The Balaban J connectivity index is 2.27. The van der Waals surface area contributed by atoms with Crippen LogP contribution in [0.3, 0.4) is 0 Å². The van der Waals surface area contributed by atoms with Crippen molar-refractivity contribution in [2.45, 2.75) is 59.5 Å². The van der Waals surface area contributed by atoms with Crippen molar-refractivity contribution in [3.63, 3.8) is 0 Å². The highest BCUT2D eigenvalue weighted by atomic mass is 15.3. The van der Waals surface area contributed by atoms with Gasteiger partial charge in [-0.3, -0.25) is 4.68 Å². The van der Waals surface area contributed by atoms with Crippen LogP contribution in [0.4, 0.5) is 0 Å². The minimum absolute atomic E-state index is 0.0687. The third-order valence-corrected chi connectivity index (χ3v) is 3.77. The molecule has 0 spiro atoms. The van der Waals surface area contributed by atoms with E-state index < -0.39 is 0 Å². The Morgan fingerprint density at radius 2 is 1.90 bits per heavy atom. The molecule has 2 aromatic rings. The lowest BCUT2D eigenvalue weighted by Gasteiger charge is -2.16. The summed E-state index contributed by atoms with van der Waals surface area (Å²) in [5.41, 5.74) is 11.8. The molecule has 0 radical (unpaired) electrons. The second kappa shape index (κ2) is 6.80. The smallest absolute Gasteiger partial charge is 0.0676 e. The second-order valence-corrected chi connectivity index (χ2v) is 5.35. The van der Waals surface area contributed by atoms with Crippen molar-refractivity contribution in [3.8, 4) is 0 Å². The van der Waals surface area contributed by atoms with E-state index in [4.69, 9.17) is 5.73 Å². The minimum Gasteiger partial charge on any atom is -0.324 e. The van der Waals surface area contributed by atoms with E-state index in [1.54, 1.807) is 0 Å². The van der Waals surface area contributed by atoms with E-state index >= 15 is 0 Å². The van der Waals surface area contributed by atoms with Crippen LogP contribution in [0.5, 0.6) is 0 Å². The summed E-state index contributed by atoms with van der Waals surface area (Å²) in [6.07, 6.45) is 2.58. The average Bonchev–Trinajstić information content (AvgIpc) is 2.89. The Morgan fingerprint density at radius 1 is 1.14 bits per heavy atom. The quantitative estimate of drug-likeness (QED) is 0.885. The summed E-state index contributed by atoms with van der Waals surface area (Å²) in [7, 11) is 0. The summed E-state index contributed by atoms with van der Waals surface area (Å²) < 4.78 is 2.05. The van der Waals surface area contributed by atoms with Crippen LogP contribution < -0.4 is 5.73 Å². The van der Waals surface area contributed by atoms with Gasteiger partial charge in [0.15, 0.2) is 0 Å². The van der Waals surface area contributed by atoms with E-state index in [9.17, 15) is 0 Å². The molecule has 1 atom stereocenters. The predicted molar refractivity (Wildman–Crippen MR) is 84.1 cm³/mol. The molecule has 21 heavy (non-hydrogen) atoms. The fraction of sp³-hybridized carbons (Fsp3) is 0.562. The van der Waals surface area contributed by atoms with Gasteiger partial charge in [-0.15, -0.1) is 0 Å². The average molecular weight is 287 g/mol. The molecule has 0 fully saturated rings. The largest absolute Gasteiger partial charge is 0.324 e. The molecule has 2 aromatic heterocycles. The first-order valence-corrected chi connectivity index (χ1v) is 7.73. The maximum Gasteiger partial charge on any atom is 0.0676 e. The van der Waals surface area contributed by atoms with Crippen LogP contribution in [0, 0.1) is 6.92 Å². The first-order chi connectivity index (χ1) is 10.1. The molecule has 0 aliphatic carbocycles. The Morgan fingerprint density at radius 3 is 2.52 bits per heavy atom. The summed E-state index contributed by atoms with van der Waals surface area (Å²) in [4.78, 5) is 0. The number of aromatic nitrogens is 4. The molecule has 0 aromatic carbocycles. The maximum atomic E-state index is 6.44. The molecular weight excluding hydrogens is 262 g/mol. The Hall–Kier alpha value is -1.75. The van der Waals surface area contributed by atoms with Crippen molar-refractivity contribution in [1.29, 1.82) is 0 Å². The topological polar surface area (TPSA) is 69.6 Å². The number of hydrogen-bond donors (Lipinski definition) is 1. The summed E-state index contributed by atoms with van der Waals surface area (Å²) in [6, 6.07) is 4.15. The summed E-state index contributed by atoms with van der Waals surface area (Å²) >= 11 is 0. The van der Waals surface area contributed by atoms with Crippen molar-refractivity contribution in [2.24, 2.45) is 5.73 Å². The molecule has 5 nitrogen and oxygen atoms in total. The highest BCUT2D eigenvalue weighted by molar-refractivity contribution is 5.26.